The number of carbonyl (C=O) groups excluding carboxylic acids is 1. The van der Waals surface area contributed by atoms with E-state index in [1.54, 1.807) is 13.2 Å². The third-order valence-electron chi connectivity index (χ3n) is 5.68. The second kappa shape index (κ2) is 4.98. The van der Waals surface area contributed by atoms with Crippen molar-refractivity contribution in [2.75, 3.05) is 7.11 Å². The lowest BCUT2D eigenvalue weighted by molar-refractivity contribution is -0.138. The van der Waals surface area contributed by atoms with Crippen LogP contribution in [0.3, 0.4) is 0 Å². The molecule has 0 bridgehead atoms. The number of benzene rings is 1. The number of rotatable bonds is 2. The van der Waals surface area contributed by atoms with Crippen LogP contribution in [0.5, 0.6) is 11.5 Å². The molecule has 1 aliphatic carbocycles. The predicted octanol–water partition coefficient (Wildman–Crippen LogP) is 3.00. The predicted molar refractivity (Wildman–Crippen MR) is 83.6 cm³/mol. The van der Waals surface area contributed by atoms with E-state index in [-0.39, 0.29) is 23.0 Å². The number of ether oxygens (including phenoxy) is 2. The summed E-state index contributed by atoms with van der Waals surface area (Å²) in [6.45, 7) is 6.34. The Morgan fingerprint density at radius 2 is 2.09 bits per heavy atom. The zero-order valence-electron chi connectivity index (χ0n) is 13.7. The minimum atomic E-state index is -0.327. The van der Waals surface area contributed by atoms with Crippen LogP contribution in [-0.4, -0.2) is 30.2 Å². The Morgan fingerprint density at radius 1 is 1.36 bits per heavy atom. The van der Waals surface area contributed by atoms with Crippen molar-refractivity contribution in [3.05, 3.63) is 23.3 Å². The van der Waals surface area contributed by atoms with Gasteiger partial charge < -0.3 is 14.6 Å². The lowest BCUT2D eigenvalue weighted by Gasteiger charge is -2.55. The number of aliphatic hydroxyl groups is 1. The Labute approximate surface area is 131 Å². The maximum absolute atomic E-state index is 11.1. The highest BCUT2D eigenvalue weighted by molar-refractivity contribution is 5.77. The molecule has 4 nitrogen and oxygen atoms in total. The molecule has 0 aromatic heterocycles. The standard InChI is InChI=1S/C18H24O4/c1-17(2)14-9-12-7-11(10-19)8-13(21-4)16(12)22-18(14,3)6-5-15(17)20/h7-8,10,14-15,20H,5-6,9H2,1-4H3/t14-,15-,18-/m0/s1. The number of aliphatic hydroxyl groups excluding tert-OH is 1. The van der Waals surface area contributed by atoms with E-state index >= 15 is 0 Å². The molecular formula is C18H24O4. The van der Waals surface area contributed by atoms with Crippen molar-refractivity contribution >= 4 is 6.29 Å². The van der Waals surface area contributed by atoms with Crippen molar-refractivity contribution in [2.45, 2.75) is 51.7 Å². The van der Waals surface area contributed by atoms with Crippen LogP contribution in [0.2, 0.25) is 0 Å². The van der Waals surface area contributed by atoms with Gasteiger partial charge in [-0.3, -0.25) is 4.79 Å². The van der Waals surface area contributed by atoms with Crippen LogP contribution in [0.1, 0.15) is 49.5 Å². The van der Waals surface area contributed by atoms with Crippen LogP contribution in [-0.2, 0) is 6.42 Å². The van der Waals surface area contributed by atoms with Gasteiger partial charge in [0.2, 0.25) is 0 Å². The second-order valence-corrected chi connectivity index (χ2v) is 7.38. The highest BCUT2D eigenvalue weighted by atomic mass is 16.5. The maximum Gasteiger partial charge on any atom is 0.165 e. The first kappa shape index (κ1) is 15.3. The molecule has 0 amide bonds. The Bertz CT molecular complexity index is 607. The molecule has 0 unspecified atom stereocenters. The van der Waals surface area contributed by atoms with Crippen molar-refractivity contribution in [2.24, 2.45) is 11.3 Å². The van der Waals surface area contributed by atoms with Crippen LogP contribution in [0.15, 0.2) is 12.1 Å². The van der Waals surface area contributed by atoms with E-state index in [1.165, 1.54) is 0 Å². The van der Waals surface area contributed by atoms with E-state index in [0.29, 0.717) is 11.3 Å². The van der Waals surface area contributed by atoms with Gasteiger partial charge in [-0.25, -0.2) is 0 Å². The van der Waals surface area contributed by atoms with Crippen LogP contribution < -0.4 is 9.47 Å². The number of hydrogen-bond donors (Lipinski definition) is 1. The van der Waals surface area contributed by atoms with E-state index in [9.17, 15) is 9.90 Å². The van der Waals surface area contributed by atoms with Gasteiger partial charge >= 0.3 is 0 Å². The zero-order chi connectivity index (χ0) is 16.1. The van der Waals surface area contributed by atoms with Crippen molar-refractivity contribution < 1.29 is 19.4 Å². The maximum atomic E-state index is 11.1. The molecule has 4 heteroatoms. The minimum Gasteiger partial charge on any atom is -0.493 e. The summed E-state index contributed by atoms with van der Waals surface area (Å²) in [7, 11) is 1.59. The largest absolute Gasteiger partial charge is 0.493 e. The van der Waals surface area contributed by atoms with Gasteiger partial charge in [-0.1, -0.05) is 13.8 Å². The summed E-state index contributed by atoms with van der Waals surface area (Å²) in [5.41, 5.74) is 1.05. The molecule has 1 heterocycles. The number of hydrogen-bond acceptors (Lipinski definition) is 4. The summed E-state index contributed by atoms with van der Waals surface area (Å²) < 4.78 is 11.8. The third kappa shape index (κ3) is 2.12. The smallest absolute Gasteiger partial charge is 0.165 e. The second-order valence-electron chi connectivity index (χ2n) is 7.38. The summed E-state index contributed by atoms with van der Waals surface area (Å²) in [6, 6.07) is 3.60. The number of aldehydes is 1. The number of methoxy groups -OCH3 is 1. The highest BCUT2D eigenvalue weighted by Crippen LogP contribution is 2.54. The first-order valence-electron chi connectivity index (χ1n) is 7.85. The van der Waals surface area contributed by atoms with Gasteiger partial charge in [0.15, 0.2) is 11.5 Å². The van der Waals surface area contributed by atoms with Crippen LogP contribution in [0.4, 0.5) is 0 Å². The molecule has 0 spiro atoms. The van der Waals surface area contributed by atoms with Crippen LogP contribution in [0.25, 0.3) is 0 Å². The minimum absolute atomic E-state index is 0.197. The van der Waals surface area contributed by atoms with Gasteiger partial charge in [0.05, 0.1) is 13.2 Å². The fourth-order valence-electron chi connectivity index (χ4n) is 4.21. The first-order chi connectivity index (χ1) is 10.3. The molecule has 22 heavy (non-hydrogen) atoms. The number of carbonyl (C=O) groups is 1. The fourth-order valence-corrected chi connectivity index (χ4v) is 4.21. The van der Waals surface area contributed by atoms with E-state index in [0.717, 1.165) is 36.9 Å². The lowest BCUT2D eigenvalue weighted by Crippen LogP contribution is -2.58. The molecule has 0 radical (unpaired) electrons. The van der Waals surface area contributed by atoms with Crippen LogP contribution >= 0.6 is 0 Å². The average molecular weight is 304 g/mol. The normalized spacial score (nSPS) is 32.4. The molecular weight excluding hydrogens is 280 g/mol. The van der Waals surface area contributed by atoms with E-state index in [4.69, 9.17) is 9.47 Å². The molecule has 1 aromatic rings. The quantitative estimate of drug-likeness (QED) is 0.853. The summed E-state index contributed by atoms with van der Waals surface area (Å²) >= 11 is 0. The topological polar surface area (TPSA) is 55.8 Å². The Hall–Kier alpha value is -1.55. The van der Waals surface area contributed by atoms with Crippen LogP contribution in [0, 0.1) is 11.3 Å². The zero-order valence-corrected chi connectivity index (χ0v) is 13.7. The first-order valence-corrected chi connectivity index (χ1v) is 7.85. The summed E-state index contributed by atoms with van der Waals surface area (Å²) in [5.74, 6) is 1.56. The fraction of sp³-hybridized carbons (Fsp3) is 0.611. The molecule has 1 fully saturated rings. The van der Waals surface area contributed by atoms with E-state index < -0.39 is 0 Å². The van der Waals surface area contributed by atoms with Gasteiger partial charge in [-0.15, -0.1) is 0 Å². The summed E-state index contributed by atoms with van der Waals surface area (Å²) in [5, 5.41) is 10.4. The van der Waals surface area contributed by atoms with Gasteiger partial charge in [0.1, 0.15) is 11.9 Å². The third-order valence-corrected chi connectivity index (χ3v) is 5.68. The van der Waals surface area contributed by atoms with E-state index in [1.807, 2.05) is 6.07 Å². The summed E-state index contributed by atoms with van der Waals surface area (Å²) in [6.07, 6.45) is 2.85. The molecule has 1 aliphatic heterocycles. The van der Waals surface area contributed by atoms with Crippen molar-refractivity contribution in [3.8, 4) is 11.5 Å². The van der Waals surface area contributed by atoms with Gasteiger partial charge in [0.25, 0.3) is 0 Å². The van der Waals surface area contributed by atoms with Gasteiger partial charge in [-0.2, -0.15) is 0 Å². The van der Waals surface area contributed by atoms with Crippen molar-refractivity contribution in [3.63, 3.8) is 0 Å². The average Bonchev–Trinajstić information content (AvgIpc) is 2.49. The van der Waals surface area contributed by atoms with E-state index in [2.05, 4.69) is 20.8 Å². The molecule has 3 rings (SSSR count). The van der Waals surface area contributed by atoms with Gasteiger partial charge in [0, 0.05) is 11.5 Å². The molecule has 0 saturated heterocycles. The number of fused-ring (bicyclic) bond motifs is 2. The molecule has 3 atom stereocenters. The van der Waals surface area contributed by atoms with Gasteiger partial charge in [-0.05, 0) is 49.3 Å². The molecule has 2 aliphatic rings. The van der Waals surface area contributed by atoms with Crippen molar-refractivity contribution in [1.82, 2.24) is 0 Å². The Balaban J connectivity index is 2.10. The molecule has 120 valence electrons. The monoisotopic (exact) mass is 304 g/mol. The molecule has 1 saturated carbocycles. The SMILES string of the molecule is COc1cc(C=O)cc2c1O[C@@]1(C)CC[C@H](O)C(C)(C)[C@@H]1C2. The Kier molecular flexibility index (Phi) is 3.48. The molecule has 1 N–H and O–H groups in total. The highest BCUT2D eigenvalue weighted by Gasteiger charge is 2.54. The Morgan fingerprint density at radius 3 is 2.73 bits per heavy atom. The lowest BCUT2D eigenvalue weighted by atomic mass is 9.57. The molecule has 1 aromatic carbocycles. The summed E-state index contributed by atoms with van der Waals surface area (Å²) in [4.78, 5) is 11.1. The van der Waals surface area contributed by atoms with Crippen molar-refractivity contribution in [1.29, 1.82) is 0 Å².